The van der Waals surface area contributed by atoms with Gasteiger partial charge in [-0.2, -0.15) is 0 Å². The van der Waals surface area contributed by atoms with Crippen molar-refractivity contribution >= 4 is 5.57 Å². The minimum Gasteiger partial charge on any atom is -0.0877 e. The molecule has 0 aliphatic rings. The molecular formula is C26H28. The summed E-state index contributed by atoms with van der Waals surface area (Å²) in [5.74, 6) is 0. The van der Waals surface area contributed by atoms with E-state index in [1.54, 1.807) is 0 Å². The van der Waals surface area contributed by atoms with E-state index in [1.807, 2.05) is 32.1 Å². The van der Waals surface area contributed by atoms with E-state index in [-0.39, 0.29) is 0 Å². The van der Waals surface area contributed by atoms with Crippen molar-refractivity contribution in [2.24, 2.45) is 0 Å². The molecular weight excluding hydrogens is 312 g/mol. The van der Waals surface area contributed by atoms with Gasteiger partial charge in [0.2, 0.25) is 0 Å². The predicted molar refractivity (Wildman–Crippen MR) is 116 cm³/mol. The highest BCUT2D eigenvalue weighted by Crippen LogP contribution is 2.19. The third-order valence-electron chi connectivity index (χ3n) is 4.12. The van der Waals surface area contributed by atoms with Gasteiger partial charge in [0, 0.05) is 0 Å². The summed E-state index contributed by atoms with van der Waals surface area (Å²) in [5.41, 5.74) is 6.39. The molecule has 0 radical (unpaired) electrons. The topological polar surface area (TPSA) is 0 Å². The number of allylic oxidation sites excluding steroid dienone is 10. The third kappa shape index (κ3) is 6.57. The number of benzene rings is 2. The second-order valence-corrected chi connectivity index (χ2v) is 6.26. The lowest BCUT2D eigenvalue weighted by atomic mass is 9.99. The van der Waals surface area contributed by atoms with Crippen LogP contribution in [0.4, 0.5) is 0 Å². The Morgan fingerprint density at radius 2 is 1.42 bits per heavy atom. The van der Waals surface area contributed by atoms with E-state index < -0.39 is 0 Å². The fourth-order valence-electron chi connectivity index (χ4n) is 2.69. The summed E-state index contributed by atoms with van der Waals surface area (Å²) in [6.07, 6.45) is 17.7. The van der Waals surface area contributed by atoms with Crippen molar-refractivity contribution in [3.8, 4) is 0 Å². The Kier molecular flexibility index (Phi) is 8.15. The highest BCUT2D eigenvalue weighted by molar-refractivity contribution is 5.68. The van der Waals surface area contributed by atoms with Crippen LogP contribution in [0.3, 0.4) is 0 Å². The first kappa shape index (κ1) is 19.5. The third-order valence-corrected chi connectivity index (χ3v) is 4.12. The number of hydrogen-bond donors (Lipinski definition) is 0. The summed E-state index contributed by atoms with van der Waals surface area (Å²) in [6.45, 7) is 6.22. The maximum atomic E-state index is 2.23. The lowest BCUT2D eigenvalue weighted by Crippen LogP contribution is -1.88. The highest BCUT2D eigenvalue weighted by Gasteiger charge is 1.99. The Labute approximate surface area is 158 Å². The first-order valence-corrected chi connectivity index (χ1v) is 9.17. The lowest BCUT2D eigenvalue weighted by Gasteiger charge is -2.06. The van der Waals surface area contributed by atoms with Crippen molar-refractivity contribution in [2.75, 3.05) is 0 Å². The molecule has 2 aromatic rings. The summed E-state index contributed by atoms with van der Waals surface area (Å²) in [7, 11) is 0. The second-order valence-electron chi connectivity index (χ2n) is 6.26. The molecule has 0 atom stereocenters. The van der Waals surface area contributed by atoms with E-state index in [0.717, 1.165) is 6.42 Å². The zero-order valence-corrected chi connectivity index (χ0v) is 16.0. The van der Waals surface area contributed by atoms with Gasteiger partial charge in [-0.15, -0.1) is 0 Å². The molecule has 0 heterocycles. The Morgan fingerprint density at radius 3 is 2.08 bits per heavy atom. The van der Waals surface area contributed by atoms with Crippen LogP contribution in [-0.4, -0.2) is 0 Å². The fourth-order valence-corrected chi connectivity index (χ4v) is 2.69. The largest absolute Gasteiger partial charge is 0.0877 e. The molecule has 0 amide bonds. The van der Waals surface area contributed by atoms with Crippen LogP contribution in [0, 0.1) is 0 Å². The lowest BCUT2D eigenvalue weighted by molar-refractivity contribution is 1.19. The van der Waals surface area contributed by atoms with Gasteiger partial charge in [-0.25, -0.2) is 0 Å². The van der Waals surface area contributed by atoms with E-state index in [4.69, 9.17) is 0 Å². The quantitative estimate of drug-likeness (QED) is 0.463. The van der Waals surface area contributed by atoms with Crippen LogP contribution in [0.1, 0.15) is 37.5 Å². The first-order valence-electron chi connectivity index (χ1n) is 9.17. The summed E-state index contributed by atoms with van der Waals surface area (Å²) >= 11 is 0. The monoisotopic (exact) mass is 340 g/mol. The van der Waals surface area contributed by atoms with Gasteiger partial charge < -0.3 is 0 Å². The zero-order chi connectivity index (χ0) is 18.6. The van der Waals surface area contributed by atoms with Crippen molar-refractivity contribution in [1.29, 1.82) is 0 Å². The van der Waals surface area contributed by atoms with Gasteiger partial charge in [-0.1, -0.05) is 103 Å². The van der Waals surface area contributed by atoms with Gasteiger partial charge in [0.25, 0.3) is 0 Å². The number of rotatable bonds is 7. The van der Waals surface area contributed by atoms with Crippen molar-refractivity contribution in [3.05, 3.63) is 125 Å². The standard InChI is InChI=1S/C26H28/c1-4-6-9-13-23(12-7-5-2)20-22(3)26-18-16-25(17-19-26)21-24-14-10-8-11-15-24/h4-20H,21H2,1-3H3/b6-4-,7-5-,13-9-,22-20+,23-12-. The van der Waals surface area contributed by atoms with E-state index in [0.29, 0.717) is 0 Å². The average Bonchev–Trinajstić information content (AvgIpc) is 2.67. The van der Waals surface area contributed by atoms with Gasteiger partial charge in [0.15, 0.2) is 0 Å². The molecule has 0 spiro atoms. The molecule has 0 bridgehead atoms. The minimum absolute atomic E-state index is 0.975. The predicted octanol–water partition coefficient (Wildman–Crippen LogP) is 7.32. The first-order chi connectivity index (χ1) is 12.7. The van der Waals surface area contributed by atoms with Crippen molar-refractivity contribution < 1.29 is 0 Å². The molecule has 0 saturated heterocycles. The van der Waals surface area contributed by atoms with E-state index >= 15 is 0 Å². The molecule has 0 aliphatic heterocycles. The van der Waals surface area contributed by atoms with Gasteiger partial charge in [0.05, 0.1) is 0 Å². The van der Waals surface area contributed by atoms with Gasteiger partial charge in [-0.05, 0) is 55.0 Å². The Bertz CT molecular complexity index is 810. The van der Waals surface area contributed by atoms with Crippen LogP contribution in [0.2, 0.25) is 0 Å². The average molecular weight is 341 g/mol. The van der Waals surface area contributed by atoms with Crippen molar-refractivity contribution in [1.82, 2.24) is 0 Å². The van der Waals surface area contributed by atoms with E-state index in [2.05, 4.69) is 91.9 Å². The van der Waals surface area contributed by atoms with Crippen LogP contribution in [0.5, 0.6) is 0 Å². The molecule has 0 heteroatoms. The van der Waals surface area contributed by atoms with E-state index in [1.165, 1.54) is 27.8 Å². The van der Waals surface area contributed by atoms with Crippen LogP contribution in [-0.2, 0) is 6.42 Å². The molecule has 132 valence electrons. The van der Waals surface area contributed by atoms with Crippen LogP contribution >= 0.6 is 0 Å². The Hall–Kier alpha value is -2.86. The van der Waals surface area contributed by atoms with Crippen molar-refractivity contribution in [2.45, 2.75) is 27.2 Å². The Morgan fingerprint density at radius 1 is 0.769 bits per heavy atom. The molecule has 0 aromatic heterocycles. The minimum atomic E-state index is 0.975. The van der Waals surface area contributed by atoms with Crippen LogP contribution in [0.15, 0.2) is 109 Å². The molecule has 0 aliphatic carbocycles. The van der Waals surface area contributed by atoms with Crippen LogP contribution in [0.25, 0.3) is 5.57 Å². The summed E-state index contributed by atoms with van der Waals surface area (Å²) < 4.78 is 0. The normalized spacial score (nSPS) is 13.3. The summed E-state index contributed by atoms with van der Waals surface area (Å²) in [6, 6.07) is 19.5. The fraction of sp³-hybridized carbons (Fsp3) is 0.154. The molecule has 0 nitrogen and oxygen atoms in total. The number of hydrogen-bond acceptors (Lipinski definition) is 0. The van der Waals surface area contributed by atoms with Gasteiger partial charge in [-0.3, -0.25) is 0 Å². The van der Waals surface area contributed by atoms with E-state index in [9.17, 15) is 0 Å². The van der Waals surface area contributed by atoms with Gasteiger partial charge in [0.1, 0.15) is 0 Å². The molecule has 0 N–H and O–H groups in total. The second kappa shape index (κ2) is 10.9. The highest BCUT2D eigenvalue weighted by atomic mass is 14.0. The molecule has 0 saturated carbocycles. The van der Waals surface area contributed by atoms with Crippen LogP contribution < -0.4 is 0 Å². The van der Waals surface area contributed by atoms with Crippen molar-refractivity contribution in [3.63, 3.8) is 0 Å². The molecule has 0 unspecified atom stereocenters. The maximum Gasteiger partial charge on any atom is -0.00258 e. The molecule has 26 heavy (non-hydrogen) atoms. The summed E-state index contributed by atoms with van der Waals surface area (Å²) in [5, 5.41) is 0. The SMILES string of the molecule is C/C=C\C=C/C(=C/C=C\C)/C=C(\C)c1ccc(Cc2ccccc2)cc1. The maximum absolute atomic E-state index is 2.23. The molecule has 2 rings (SSSR count). The molecule has 0 fully saturated rings. The Balaban J connectivity index is 2.16. The smallest absolute Gasteiger partial charge is 0.00258 e. The summed E-state index contributed by atoms with van der Waals surface area (Å²) in [4.78, 5) is 0. The zero-order valence-electron chi connectivity index (χ0n) is 16.0. The molecule has 2 aromatic carbocycles. The van der Waals surface area contributed by atoms with Gasteiger partial charge >= 0.3 is 0 Å².